The van der Waals surface area contributed by atoms with Crippen LogP contribution in [0.3, 0.4) is 0 Å². The number of halogens is 9. The highest BCUT2D eigenvalue weighted by Gasteiger charge is 2.67. The first kappa shape index (κ1) is 34.2. The molecule has 0 saturated heterocycles. The van der Waals surface area contributed by atoms with Gasteiger partial charge in [-0.15, -0.1) is 23.2 Å². The molecule has 1 N–H and O–H groups in total. The van der Waals surface area contributed by atoms with Crippen molar-refractivity contribution in [2.24, 2.45) is 5.92 Å². The summed E-state index contributed by atoms with van der Waals surface area (Å²) >= 11 is 12.4. The van der Waals surface area contributed by atoms with Gasteiger partial charge < -0.3 is 10.1 Å². The van der Waals surface area contributed by atoms with E-state index < -0.39 is 98.4 Å². The summed E-state index contributed by atoms with van der Waals surface area (Å²) < 4.78 is 101. The standard InChI is InChI=1S/C31H24Cl2F7NO4/c1-29(2,3)45-24(43)13-20-22(36)6-4-14(27(20)37)10-23(42)19-12-18(5-7-21(19)35)41-28(44)26-25(30(26,32)33)15-8-16(31(38,39)40)11-17(34)9-15/h4-9,11-12,25-26H,10,13H2,1-3H3,(H,41,44). The van der Waals surface area contributed by atoms with E-state index in [1.807, 2.05) is 0 Å². The second-order valence-corrected chi connectivity index (χ2v) is 12.9. The number of alkyl halides is 5. The van der Waals surface area contributed by atoms with Crippen LogP contribution >= 0.6 is 23.2 Å². The van der Waals surface area contributed by atoms with Crippen molar-refractivity contribution in [2.75, 3.05) is 5.32 Å². The van der Waals surface area contributed by atoms with E-state index in [2.05, 4.69) is 5.32 Å². The number of anilines is 1. The average Bonchev–Trinajstić information content (AvgIpc) is 3.49. The zero-order chi connectivity index (χ0) is 33.6. The van der Waals surface area contributed by atoms with Crippen LogP contribution in [0.25, 0.3) is 0 Å². The molecule has 14 heteroatoms. The number of hydrogen-bond donors (Lipinski definition) is 1. The number of ketones is 1. The molecule has 0 aliphatic heterocycles. The lowest BCUT2D eigenvalue weighted by atomic mass is 9.98. The van der Waals surface area contributed by atoms with E-state index in [1.54, 1.807) is 20.8 Å². The lowest BCUT2D eigenvalue weighted by molar-refractivity contribution is -0.154. The Morgan fingerprint density at radius 3 is 2.16 bits per heavy atom. The number of carbonyl (C=O) groups excluding carboxylic acids is 3. The Balaban J connectivity index is 1.52. The molecular weight excluding hydrogens is 654 g/mol. The van der Waals surface area contributed by atoms with E-state index in [0.29, 0.717) is 6.07 Å². The Morgan fingerprint density at radius 1 is 0.889 bits per heavy atom. The van der Waals surface area contributed by atoms with Crippen molar-refractivity contribution in [3.05, 3.63) is 99.6 Å². The Bertz CT molecular complexity index is 1690. The van der Waals surface area contributed by atoms with Gasteiger partial charge >= 0.3 is 12.1 Å². The number of amides is 1. The van der Waals surface area contributed by atoms with Crippen LogP contribution in [0.15, 0.2) is 48.5 Å². The summed E-state index contributed by atoms with van der Waals surface area (Å²) in [5.41, 5.74) is -4.18. The summed E-state index contributed by atoms with van der Waals surface area (Å²) in [6, 6.07) is 6.34. The topological polar surface area (TPSA) is 72.5 Å². The van der Waals surface area contributed by atoms with Crippen LogP contribution in [0.1, 0.15) is 59.3 Å². The second-order valence-electron chi connectivity index (χ2n) is 11.4. The largest absolute Gasteiger partial charge is 0.460 e. The number of rotatable bonds is 8. The molecule has 3 aromatic carbocycles. The Hall–Kier alpha value is -3.64. The molecule has 0 bridgehead atoms. The number of nitrogens with one attached hydrogen (secondary N) is 1. The molecule has 0 spiro atoms. The minimum Gasteiger partial charge on any atom is -0.460 e. The molecule has 2 atom stereocenters. The third-order valence-corrected chi connectivity index (χ3v) is 7.78. The highest BCUT2D eigenvalue weighted by molar-refractivity contribution is 6.53. The number of esters is 1. The molecule has 4 rings (SSSR count). The van der Waals surface area contributed by atoms with Crippen molar-refractivity contribution < 1.29 is 49.9 Å². The molecule has 1 amide bonds. The molecule has 1 fully saturated rings. The minimum atomic E-state index is -4.88. The molecule has 1 aliphatic rings. The molecule has 2 unspecified atom stereocenters. The maximum atomic E-state index is 15.2. The lowest BCUT2D eigenvalue weighted by Gasteiger charge is -2.20. The Morgan fingerprint density at radius 2 is 1.53 bits per heavy atom. The molecule has 0 radical (unpaired) electrons. The van der Waals surface area contributed by atoms with Gasteiger partial charge in [0.25, 0.3) is 0 Å². The summed E-state index contributed by atoms with van der Waals surface area (Å²) in [4.78, 5) is 38.1. The van der Waals surface area contributed by atoms with Crippen molar-refractivity contribution >= 4 is 46.5 Å². The molecule has 0 aromatic heterocycles. The molecule has 5 nitrogen and oxygen atoms in total. The van der Waals surface area contributed by atoms with E-state index in [9.17, 15) is 40.7 Å². The predicted molar refractivity (Wildman–Crippen MR) is 151 cm³/mol. The fourth-order valence-electron chi connectivity index (χ4n) is 4.79. The minimum absolute atomic E-state index is 0.139. The van der Waals surface area contributed by atoms with Gasteiger partial charge in [0.2, 0.25) is 5.91 Å². The van der Waals surface area contributed by atoms with E-state index in [1.165, 1.54) is 0 Å². The van der Waals surface area contributed by atoms with Crippen molar-refractivity contribution in [1.29, 1.82) is 0 Å². The van der Waals surface area contributed by atoms with E-state index in [-0.39, 0.29) is 22.9 Å². The number of benzene rings is 3. The van der Waals surface area contributed by atoms with E-state index >= 15 is 4.39 Å². The summed E-state index contributed by atoms with van der Waals surface area (Å²) in [6.07, 6.45) is -6.39. The van der Waals surface area contributed by atoms with Gasteiger partial charge in [0.15, 0.2) is 5.78 Å². The van der Waals surface area contributed by atoms with Gasteiger partial charge in [0.05, 0.1) is 23.5 Å². The maximum absolute atomic E-state index is 15.2. The highest BCUT2D eigenvalue weighted by Crippen LogP contribution is 2.65. The van der Waals surface area contributed by atoms with Crippen molar-refractivity contribution in [3.8, 4) is 0 Å². The number of ether oxygens (including phenoxy) is 1. The average molecular weight is 678 g/mol. The normalized spacial score (nSPS) is 17.5. The monoisotopic (exact) mass is 677 g/mol. The zero-order valence-electron chi connectivity index (χ0n) is 23.7. The molecule has 1 saturated carbocycles. The van der Waals surface area contributed by atoms with Gasteiger partial charge in [-0.2, -0.15) is 13.2 Å². The van der Waals surface area contributed by atoms with Crippen LogP contribution < -0.4 is 5.32 Å². The first-order chi connectivity index (χ1) is 20.7. The lowest BCUT2D eigenvalue weighted by Crippen LogP contribution is -2.25. The van der Waals surface area contributed by atoms with Gasteiger partial charge in [0.1, 0.15) is 33.2 Å². The first-order valence-electron chi connectivity index (χ1n) is 13.3. The third kappa shape index (κ3) is 7.78. The fraction of sp³-hybridized carbons (Fsp3) is 0.323. The van der Waals surface area contributed by atoms with Gasteiger partial charge in [-0.25, -0.2) is 17.6 Å². The molecule has 0 heterocycles. The Kier molecular flexibility index (Phi) is 9.34. The van der Waals surface area contributed by atoms with Crippen LogP contribution in [0.2, 0.25) is 0 Å². The fourth-order valence-corrected chi connectivity index (χ4v) is 5.62. The van der Waals surface area contributed by atoms with Crippen LogP contribution in [-0.2, 0) is 33.3 Å². The number of Topliss-reactive ketones (excluding diaryl/α,β-unsaturated/α-hetero) is 1. The SMILES string of the molecule is CC(C)(C)OC(=O)Cc1c(F)ccc(CC(=O)c2cc(NC(=O)C3C(c4cc(F)cc(C(F)(F)F)c4)C3(Cl)Cl)ccc2F)c1F. The van der Waals surface area contributed by atoms with Crippen molar-refractivity contribution in [3.63, 3.8) is 0 Å². The summed E-state index contributed by atoms with van der Waals surface area (Å²) in [7, 11) is 0. The van der Waals surface area contributed by atoms with Crippen molar-refractivity contribution in [2.45, 2.75) is 55.6 Å². The third-order valence-electron chi connectivity index (χ3n) is 6.84. The Labute approximate surface area is 262 Å². The van der Waals surface area contributed by atoms with Crippen molar-refractivity contribution in [1.82, 2.24) is 0 Å². The molecule has 240 valence electrons. The van der Waals surface area contributed by atoms with Crippen LogP contribution in [-0.4, -0.2) is 27.6 Å². The first-order valence-corrected chi connectivity index (χ1v) is 14.0. The smallest absolute Gasteiger partial charge is 0.416 e. The van der Waals surface area contributed by atoms with E-state index in [0.717, 1.165) is 36.4 Å². The van der Waals surface area contributed by atoms with Gasteiger partial charge in [0, 0.05) is 23.6 Å². The van der Waals surface area contributed by atoms with Crippen LogP contribution in [0.5, 0.6) is 0 Å². The quantitative estimate of drug-likeness (QED) is 0.113. The second kappa shape index (κ2) is 12.3. The number of hydrogen-bond acceptors (Lipinski definition) is 4. The van der Waals surface area contributed by atoms with Crippen LogP contribution in [0.4, 0.5) is 36.4 Å². The molecule has 45 heavy (non-hydrogen) atoms. The van der Waals surface area contributed by atoms with Crippen LogP contribution in [0, 0.1) is 29.2 Å². The molecule has 1 aliphatic carbocycles. The predicted octanol–water partition coefficient (Wildman–Crippen LogP) is 8.10. The summed E-state index contributed by atoms with van der Waals surface area (Å²) in [5, 5.41) is 2.36. The summed E-state index contributed by atoms with van der Waals surface area (Å²) in [5.74, 6) is -9.85. The van der Waals surface area contributed by atoms with E-state index in [4.69, 9.17) is 27.9 Å². The molecular formula is C31H24Cl2F7NO4. The van der Waals surface area contributed by atoms with Gasteiger partial charge in [-0.3, -0.25) is 14.4 Å². The maximum Gasteiger partial charge on any atom is 0.416 e. The van der Waals surface area contributed by atoms with Gasteiger partial charge in [-0.05, 0) is 74.4 Å². The summed E-state index contributed by atoms with van der Waals surface area (Å²) in [6.45, 7) is 4.71. The zero-order valence-corrected chi connectivity index (χ0v) is 25.2. The highest BCUT2D eigenvalue weighted by atomic mass is 35.5. The molecule has 3 aromatic rings. The van der Waals surface area contributed by atoms with Gasteiger partial charge in [-0.1, -0.05) is 6.07 Å². The number of carbonyl (C=O) groups is 3.